The monoisotopic (exact) mass is 325 g/mol. The van der Waals surface area contributed by atoms with Crippen LogP contribution in [0.1, 0.15) is 35.7 Å². The number of carbonyl (C=O) groups is 2. The Hall–Kier alpha value is -1.59. The Morgan fingerprint density at radius 2 is 2.14 bits per heavy atom. The first kappa shape index (κ1) is 18.5. The third kappa shape index (κ3) is 5.00. The van der Waals surface area contributed by atoms with E-state index in [1.165, 1.54) is 0 Å². The van der Waals surface area contributed by atoms with Gasteiger partial charge in [-0.05, 0) is 57.0 Å². The Bertz CT molecular complexity index is 528. The molecule has 22 heavy (non-hydrogen) atoms. The van der Waals surface area contributed by atoms with Gasteiger partial charge in [0, 0.05) is 24.2 Å². The van der Waals surface area contributed by atoms with Crippen molar-refractivity contribution in [1.82, 2.24) is 10.6 Å². The molecule has 1 fully saturated rings. The van der Waals surface area contributed by atoms with Crippen molar-refractivity contribution in [3.63, 3.8) is 0 Å². The van der Waals surface area contributed by atoms with Crippen LogP contribution >= 0.6 is 12.4 Å². The molecule has 1 heterocycles. The van der Waals surface area contributed by atoms with E-state index < -0.39 is 0 Å². The number of hydrogen-bond acceptors (Lipinski definition) is 3. The highest BCUT2D eigenvalue weighted by atomic mass is 35.5. The van der Waals surface area contributed by atoms with E-state index in [2.05, 4.69) is 16.0 Å². The highest BCUT2D eigenvalue weighted by molar-refractivity contribution is 5.97. The number of anilines is 1. The number of benzene rings is 1. The summed E-state index contributed by atoms with van der Waals surface area (Å²) in [5, 5.41) is 8.95. The molecule has 0 spiro atoms. The van der Waals surface area contributed by atoms with Crippen molar-refractivity contribution >= 4 is 29.9 Å². The zero-order valence-electron chi connectivity index (χ0n) is 13.1. The van der Waals surface area contributed by atoms with Gasteiger partial charge in [0.15, 0.2) is 0 Å². The van der Waals surface area contributed by atoms with Crippen molar-refractivity contribution in [3.05, 3.63) is 29.3 Å². The molecular formula is C16H24ClN3O2. The number of nitrogens with one attached hydrogen (secondary N) is 3. The van der Waals surface area contributed by atoms with Crippen molar-refractivity contribution in [2.24, 2.45) is 5.92 Å². The standard InChI is InChI=1S/C16H23N3O2.ClH/c1-3-18-16(21)13-5-4-11(2)14(9-13)19-15(20)8-12-6-7-17-10-12;/h4-5,9,12,17H,3,6-8,10H2,1-2H3,(H,18,21)(H,19,20);1H. The van der Waals surface area contributed by atoms with Crippen LogP contribution in [0.3, 0.4) is 0 Å². The summed E-state index contributed by atoms with van der Waals surface area (Å²) in [6.07, 6.45) is 1.57. The molecule has 0 radical (unpaired) electrons. The van der Waals surface area contributed by atoms with Crippen LogP contribution in [0.4, 0.5) is 5.69 Å². The van der Waals surface area contributed by atoms with Gasteiger partial charge in [-0.2, -0.15) is 0 Å². The van der Waals surface area contributed by atoms with Crippen molar-refractivity contribution in [2.75, 3.05) is 25.0 Å². The molecule has 122 valence electrons. The average Bonchev–Trinajstić information content (AvgIpc) is 2.94. The quantitative estimate of drug-likeness (QED) is 0.776. The van der Waals surface area contributed by atoms with Gasteiger partial charge in [0.05, 0.1) is 0 Å². The van der Waals surface area contributed by atoms with Crippen LogP contribution in [0.25, 0.3) is 0 Å². The second-order valence-corrected chi connectivity index (χ2v) is 5.50. The summed E-state index contributed by atoms with van der Waals surface area (Å²) < 4.78 is 0. The summed E-state index contributed by atoms with van der Waals surface area (Å²) in [4.78, 5) is 23.9. The van der Waals surface area contributed by atoms with Gasteiger partial charge in [0.2, 0.25) is 5.91 Å². The summed E-state index contributed by atoms with van der Waals surface area (Å²) in [7, 11) is 0. The normalized spacial score (nSPS) is 16.7. The van der Waals surface area contributed by atoms with Crippen LogP contribution in [0, 0.1) is 12.8 Å². The number of aryl methyl sites for hydroxylation is 1. The summed E-state index contributed by atoms with van der Waals surface area (Å²) in [6.45, 7) is 6.29. The smallest absolute Gasteiger partial charge is 0.251 e. The fourth-order valence-corrected chi connectivity index (χ4v) is 2.51. The van der Waals surface area contributed by atoms with E-state index >= 15 is 0 Å². The molecule has 0 saturated carbocycles. The molecule has 6 heteroatoms. The lowest BCUT2D eigenvalue weighted by Gasteiger charge is -2.12. The molecule has 3 N–H and O–H groups in total. The van der Waals surface area contributed by atoms with E-state index in [9.17, 15) is 9.59 Å². The fourth-order valence-electron chi connectivity index (χ4n) is 2.51. The number of hydrogen-bond donors (Lipinski definition) is 3. The Morgan fingerprint density at radius 1 is 1.36 bits per heavy atom. The maximum Gasteiger partial charge on any atom is 0.251 e. The van der Waals surface area contributed by atoms with Gasteiger partial charge in [-0.25, -0.2) is 0 Å². The van der Waals surface area contributed by atoms with Gasteiger partial charge in [0.25, 0.3) is 5.91 Å². The molecule has 1 saturated heterocycles. The van der Waals surface area contributed by atoms with Gasteiger partial charge in [-0.15, -0.1) is 12.4 Å². The first-order valence-corrected chi connectivity index (χ1v) is 7.49. The van der Waals surface area contributed by atoms with Crippen LogP contribution in [-0.2, 0) is 4.79 Å². The second kappa shape index (κ2) is 8.76. The number of carbonyl (C=O) groups excluding carboxylic acids is 2. The van der Waals surface area contributed by atoms with E-state index in [1.54, 1.807) is 12.1 Å². The zero-order chi connectivity index (χ0) is 15.2. The van der Waals surface area contributed by atoms with E-state index in [4.69, 9.17) is 0 Å². The summed E-state index contributed by atoms with van der Waals surface area (Å²) >= 11 is 0. The minimum Gasteiger partial charge on any atom is -0.352 e. The number of halogens is 1. The first-order chi connectivity index (χ1) is 10.1. The second-order valence-electron chi connectivity index (χ2n) is 5.50. The SMILES string of the molecule is CCNC(=O)c1ccc(C)c(NC(=O)CC2CCNC2)c1.Cl. The van der Waals surface area contributed by atoms with E-state index in [-0.39, 0.29) is 24.2 Å². The van der Waals surface area contributed by atoms with Gasteiger partial charge in [-0.3, -0.25) is 9.59 Å². The van der Waals surface area contributed by atoms with Gasteiger partial charge >= 0.3 is 0 Å². The lowest BCUT2D eigenvalue weighted by atomic mass is 10.0. The van der Waals surface area contributed by atoms with Crippen LogP contribution in [0.2, 0.25) is 0 Å². The molecule has 1 aliphatic heterocycles. The molecule has 1 aromatic rings. The maximum absolute atomic E-state index is 12.1. The molecule has 1 unspecified atom stereocenters. The predicted octanol–water partition coefficient (Wildman–Crippen LogP) is 2.10. The van der Waals surface area contributed by atoms with Crippen molar-refractivity contribution in [1.29, 1.82) is 0 Å². The largest absolute Gasteiger partial charge is 0.352 e. The molecule has 1 aliphatic rings. The van der Waals surface area contributed by atoms with Crippen LogP contribution in [0.5, 0.6) is 0 Å². The van der Waals surface area contributed by atoms with Gasteiger partial charge in [0.1, 0.15) is 0 Å². The molecule has 1 atom stereocenters. The fraction of sp³-hybridized carbons (Fsp3) is 0.500. The topological polar surface area (TPSA) is 70.2 Å². The molecular weight excluding hydrogens is 302 g/mol. The summed E-state index contributed by atoms with van der Waals surface area (Å²) in [6, 6.07) is 5.37. The number of amides is 2. The van der Waals surface area contributed by atoms with Crippen molar-refractivity contribution < 1.29 is 9.59 Å². The van der Waals surface area contributed by atoms with E-state index in [0.29, 0.717) is 24.4 Å². The maximum atomic E-state index is 12.1. The van der Waals surface area contributed by atoms with Crippen LogP contribution in [0.15, 0.2) is 18.2 Å². The molecule has 0 aliphatic carbocycles. The average molecular weight is 326 g/mol. The summed E-state index contributed by atoms with van der Waals surface area (Å²) in [5.74, 6) is 0.310. The first-order valence-electron chi connectivity index (χ1n) is 7.49. The van der Waals surface area contributed by atoms with E-state index in [1.807, 2.05) is 19.9 Å². The number of rotatable bonds is 5. The van der Waals surface area contributed by atoms with Crippen molar-refractivity contribution in [2.45, 2.75) is 26.7 Å². The third-order valence-electron chi connectivity index (χ3n) is 3.75. The lowest BCUT2D eigenvalue weighted by molar-refractivity contribution is -0.117. The Kier molecular flexibility index (Phi) is 7.35. The highest BCUT2D eigenvalue weighted by Crippen LogP contribution is 2.19. The lowest BCUT2D eigenvalue weighted by Crippen LogP contribution is -2.23. The Labute approximate surface area is 137 Å². The molecule has 0 bridgehead atoms. The highest BCUT2D eigenvalue weighted by Gasteiger charge is 2.18. The predicted molar refractivity (Wildman–Crippen MR) is 90.7 cm³/mol. The minimum absolute atomic E-state index is 0. The van der Waals surface area contributed by atoms with E-state index in [0.717, 1.165) is 30.8 Å². The Morgan fingerprint density at radius 3 is 2.77 bits per heavy atom. The zero-order valence-corrected chi connectivity index (χ0v) is 13.9. The van der Waals surface area contributed by atoms with Gasteiger partial charge in [-0.1, -0.05) is 6.07 Å². The van der Waals surface area contributed by atoms with Gasteiger partial charge < -0.3 is 16.0 Å². The molecule has 2 amide bonds. The summed E-state index contributed by atoms with van der Waals surface area (Å²) in [5.41, 5.74) is 2.25. The Balaban J connectivity index is 0.00000242. The molecule has 1 aromatic carbocycles. The van der Waals surface area contributed by atoms with Crippen LogP contribution < -0.4 is 16.0 Å². The van der Waals surface area contributed by atoms with Crippen molar-refractivity contribution in [3.8, 4) is 0 Å². The minimum atomic E-state index is -0.118. The molecule has 0 aromatic heterocycles. The molecule has 2 rings (SSSR count). The molecule has 5 nitrogen and oxygen atoms in total. The van der Waals surface area contributed by atoms with Crippen LogP contribution in [-0.4, -0.2) is 31.4 Å². The third-order valence-corrected chi connectivity index (χ3v) is 3.75.